The lowest BCUT2D eigenvalue weighted by Crippen LogP contribution is -2.28. The van der Waals surface area contributed by atoms with E-state index >= 15 is 0 Å². The van der Waals surface area contributed by atoms with E-state index in [9.17, 15) is 4.79 Å². The first-order chi connectivity index (χ1) is 12.7. The summed E-state index contributed by atoms with van der Waals surface area (Å²) in [6.07, 6.45) is 25.0. The number of nitrogens with one attached hydrogen (secondary N) is 1. The van der Waals surface area contributed by atoms with E-state index in [0.29, 0.717) is 6.42 Å². The van der Waals surface area contributed by atoms with Gasteiger partial charge in [0.1, 0.15) is 0 Å². The predicted molar refractivity (Wildman–Crippen MR) is 116 cm³/mol. The van der Waals surface area contributed by atoms with E-state index in [-0.39, 0.29) is 5.91 Å². The molecular formula is C23H44N2O. The molecule has 0 heterocycles. The lowest BCUT2D eigenvalue weighted by Gasteiger charge is -2.09. The molecule has 0 bridgehead atoms. The number of amides is 1. The van der Waals surface area contributed by atoms with E-state index in [0.717, 1.165) is 25.9 Å². The highest BCUT2D eigenvalue weighted by Gasteiger charge is 2.00. The van der Waals surface area contributed by atoms with Crippen LogP contribution >= 0.6 is 0 Å². The molecule has 0 aromatic rings. The molecule has 0 aliphatic heterocycles. The van der Waals surface area contributed by atoms with Crippen molar-refractivity contribution in [3.63, 3.8) is 0 Å². The van der Waals surface area contributed by atoms with Crippen LogP contribution in [0, 0.1) is 0 Å². The number of carbonyl (C=O) groups is 1. The van der Waals surface area contributed by atoms with Gasteiger partial charge in [0, 0.05) is 19.5 Å². The number of carbonyl (C=O) groups excluding carboxylic acids is 1. The van der Waals surface area contributed by atoms with Crippen LogP contribution in [-0.4, -0.2) is 38.0 Å². The topological polar surface area (TPSA) is 32.3 Å². The van der Waals surface area contributed by atoms with Gasteiger partial charge in [-0.05, 0) is 46.2 Å². The van der Waals surface area contributed by atoms with Gasteiger partial charge in [-0.2, -0.15) is 0 Å². The molecule has 0 aliphatic carbocycles. The van der Waals surface area contributed by atoms with Crippen molar-refractivity contribution in [1.29, 1.82) is 0 Å². The van der Waals surface area contributed by atoms with E-state index in [1.165, 1.54) is 64.2 Å². The van der Waals surface area contributed by atoms with Crippen molar-refractivity contribution >= 4 is 5.91 Å². The summed E-state index contributed by atoms with van der Waals surface area (Å²) in [5, 5.41) is 3.01. The first-order valence-corrected chi connectivity index (χ1v) is 10.9. The Kier molecular flexibility index (Phi) is 19.4. The highest BCUT2D eigenvalue weighted by molar-refractivity contribution is 5.75. The number of hydrogen-bond acceptors (Lipinski definition) is 2. The Balaban J connectivity index is 3.22. The normalized spacial score (nSPS) is 11.8. The smallest absolute Gasteiger partial charge is 0.221 e. The third-order valence-electron chi connectivity index (χ3n) is 4.49. The Morgan fingerprint density at radius 2 is 1.38 bits per heavy atom. The van der Waals surface area contributed by atoms with Crippen LogP contribution in [0.15, 0.2) is 24.3 Å². The maximum Gasteiger partial charge on any atom is 0.221 e. The van der Waals surface area contributed by atoms with Gasteiger partial charge >= 0.3 is 0 Å². The van der Waals surface area contributed by atoms with Crippen LogP contribution < -0.4 is 5.32 Å². The molecule has 0 spiro atoms. The lowest BCUT2D eigenvalue weighted by atomic mass is 10.1. The summed E-state index contributed by atoms with van der Waals surface area (Å²) in [4.78, 5) is 13.6. The summed E-state index contributed by atoms with van der Waals surface area (Å²) >= 11 is 0. The Labute approximate surface area is 163 Å². The highest BCUT2D eigenvalue weighted by atomic mass is 16.1. The average Bonchev–Trinajstić information content (AvgIpc) is 2.62. The summed E-state index contributed by atoms with van der Waals surface area (Å²) in [7, 11) is 3.99. The zero-order valence-electron chi connectivity index (χ0n) is 17.8. The molecule has 1 amide bonds. The molecule has 152 valence electrons. The monoisotopic (exact) mass is 364 g/mol. The average molecular weight is 365 g/mol. The molecule has 3 nitrogen and oxygen atoms in total. The van der Waals surface area contributed by atoms with Crippen molar-refractivity contribution in [2.24, 2.45) is 0 Å². The zero-order valence-corrected chi connectivity index (χ0v) is 17.8. The molecule has 1 N–H and O–H groups in total. The lowest BCUT2D eigenvalue weighted by molar-refractivity contribution is -0.121. The Morgan fingerprint density at radius 1 is 0.808 bits per heavy atom. The van der Waals surface area contributed by atoms with Crippen LogP contribution in [0.4, 0.5) is 0 Å². The summed E-state index contributed by atoms with van der Waals surface area (Å²) in [5.74, 6) is 0.184. The molecule has 0 aromatic heterocycles. The van der Waals surface area contributed by atoms with Crippen molar-refractivity contribution in [3.05, 3.63) is 24.3 Å². The second kappa shape index (κ2) is 20.2. The molecule has 0 atom stereocenters. The fourth-order valence-electron chi connectivity index (χ4n) is 2.74. The molecule has 0 unspecified atom stereocenters. The summed E-state index contributed by atoms with van der Waals surface area (Å²) in [6.45, 7) is 3.91. The molecule has 0 rings (SSSR count). The van der Waals surface area contributed by atoms with Gasteiger partial charge in [-0.1, -0.05) is 76.2 Å². The fraction of sp³-hybridized carbons (Fsp3) is 0.783. The Bertz CT molecular complexity index is 361. The van der Waals surface area contributed by atoms with Gasteiger partial charge in [-0.3, -0.25) is 4.79 Å². The van der Waals surface area contributed by atoms with E-state index in [4.69, 9.17) is 0 Å². The molecular weight excluding hydrogens is 320 g/mol. The van der Waals surface area contributed by atoms with Gasteiger partial charge in [-0.25, -0.2) is 0 Å². The standard InChI is InChI=1S/C23H44N2O/c1-4-5-6-7-8-9-10-11-12-13-14-15-16-17-18-19-21-24-23(26)20-22-25(2)3/h7-8,10-11H,4-6,9,12-22H2,1-3H3,(H,24,26)/b8-7+,11-10-. The van der Waals surface area contributed by atoms with Crippen LogP contribution in [0.5, 0.6) is 0 Å². The molecule has 0 radical (unpaired) electrons. The minimum atomic E-state index is 0.184. The Hall–Kier alpha value is -1.09. The van der Waals surface area contributed by atoms with Crippen LogP contribution in [-0.2, 0) is 4.79 Å². The van der Waals surface area contributed by atoms with Crippen LogP contribution in [0.3, 0.4) is 0 Å². The second-order valence-corrected chi connectivity index (χ2v) is 7.49. The third-order valence-corrected chi connectivity index (χ3v) is 4.49. The molecule has 0 saturated heterocycles. The number of allylic oxidation sites excluding steroid dienone is 4. The molecule has 3 heteroatoms. The predicted octanol–water partition coefficient (Wildman–Crippen LogP) is 5.87. The van der Waals surface area contributed by atoms with Crippen molar-refractivity contribution in [3.8, 4) is 0 Å². The minimum absolute atomic E-state index is 0.184. The molecule has 0 aliphatic rings. The van der Waals surface area contributed by atoms with Gasteiger partial charge in [0.25, 0.3) is 0 Å². The first-order valence-electron chi connectivity index (χ1n) is 10.9. The molecule has 26 heavy (non-hydrogen) atoms. The number of rotatable bonds is 18. The van der Waals surface area contributed by atoms with E-state index in [1.807, 2.05) is 19.0 Å². The first kappa shape index (κ1) is 24.9. The SMILES string of the molecule is CCCC/C=C/C/C=C\CCCCCCCCCNC(=O)CCN(C)C. The summed E-state index contributed by atoms with van der Waals surface area (Å²) in [6, 6.07) is 0. The second-order valence-electron chi connectivity index (χ2n) is 7.49. The van der Waals surface area contributed by atoms with Crippen molar-refractivity contribution in [2.45, 2.75) is 90.4 Å². The largest absolute Gasteiger partial charge is 0.356 e. The van der Waals surface area contributed by atoms with E-state index in [1.54, 1.807) is 0 Å². The van der Waals surface area contributed by atoms with Gasteiger partial charge in [0.2, 0.25) is 5.91 Å². The highest BCUT2D eigenvalue weighted by Crippen LogP contribution is 2.09. The number of nitrogens with zero attached hydrogens (tertiary/aromatic N) is 1. The zero-order chi connectivity index (χ0) is 19.3. The quantitative estimate of drug-likeness (QED) is 0.244. The molecule has 0 saturated carbocycles. The summed E-state index contributed by atoms with van der Waals surface area (Å²) in [5.41, 5.74) is 0. The minimum Gasteiger partial charge on any atom is -0.356 e. The van der Waals surface area contributed by atoms with Crippen LogP contribution in [0.2, 0.25) is 0 Å². The van der Waals surface area contributed by atoms with Crippen molar-refractivity contribution in [1.82, 2.24) is 10.2 Å². The van der Waals surface area contributed by atoms with E-state index in [2.05, 4.69) is 36.5 Å². The Morgan fingerprint density at radius 3 is 2.00 bits per heavy atom. The number of unbranched alkanes of at least 4 members (excludes halogenated alkanes) is 9. The fourth-order valence-corrected chi connectivity index (χ4v) is 2.74. The summed E-state index contributed by atoms with van der Waals surface area (Å²) < 4.78 is 0. The maximum absolute atomic E-state index is 11.6. The van der Waals surface area contributed by atoms with Gasteiger partial charge in [-0.15, -0.1) is 0 Å². The van der Waals surface area contributed by atoms with Crippen molar-refractivity contribution < 1.29 is 4.79 Å². The van der Waals surface area contributed by atoms with E-state index < -0.39 is 0 Å². The molecule has 0 aromatic carbocycles. The van der Waals surface area contributed by atoms with Crippen LogP contribution in [0.25, 0.3) is 0 Å². The van der Waals surface area contributed by atoms with Crippen molar-refractivity contribution in [2.75, 3.05) is 27.2 Å². The van der Waals surface area contributed by atoms with Gasteiger partial charge < -0.3 is 10.2 Å². The van der Waals surface area contributed by atoms with Gasteiger partial charge in [0.15, 0.2) is 0 Å². The maximum atomic E-state index is 11.6. The van der Waals surface area contributed by atoms with Crippen LogP contribution in [0.1, 0.15) is 90.4 Å². The third kappa shape index (κ3) is 21.0. The number of hydrogen-bond donors (Lipinski definition) is 1. The molecule has 0 fully saturated rings. The van der Waals surface area contributed by atoms with Gasteiger partial charge in [0.05, 0.1) is 0 Å².